The van der Waals surface area contributed by atoms with Gasteiger partial charge in [0.2, 0.25) is 0 Å². The number of ether oxygens (including phenoxy) is 1. The van der Waals surface area contributed by atoms with E-state index in [1.165, 1.54) is 16.2 Å². The molecule has 2 aliphatic rings. The molecule has 1 atom stereocenters. The molecule has 2 nitrogen and oxygen atoms in total. The van der Waals surface area contributed by atoms with Crippen LogP contribution in [0.3, 0.4) is 0 Å². The van der Waals surface area contributed by atoms with Crippen molar-refractivity contribution in [2.45, 2.75) is 44.6 Å². The SMILES string of the molecule is CC.CC.CC1=Cc2ccccc2OC12Sc1ccccc1N2C. The fraction of sp³-hybridized carbons (Fsp3) is 0.333. The van der Waals surface area contributed by atoms with E-state index in [0.717, 1.165) is 11.3 Å². The van der Waals surface area contributed by atoms with Crippen molar-refractivity contribution in [2.24, 2.45) is 0 Å². The Labute approximate surface area is 150 Å². The van der Waals surface area contributed by atoms with E-state index >= 15 is 0 Å². The van der Waals surface area contributed by atoms with E-state index in [1.807, 2.05) is 45.9 Å². The van der Waals surface area contributed by atoms with Gasteiger partial charge in [-0.1, -0.05) is 58.0 Å². The van der Waals surface area contributed by atoms with Gasteiger partial charge in [0.25, 0.3) is 5.06 Å². The van der Waals surface area contributed by atoms with Crippen molar-refractivity contribution >= 4 is 23.5 Å². The summed E-state index contributed by atoms with van der Waals surface area (Å²) in [7, 11) is 2.10. The molecule has 128 valence electrons. The van der Waals surface area contributed by atoms with Crippen LogP contribution in [0, 0.1) is 0 Å². The summed E-state index contributed by atoms with van der Waals surface area (Å²) in [6.07, 6.45) is 2.23. The maximum atomic E-state index is 6.41. The van der Waals surface area contributed by atoms with E-state index < -0.39 is 5.06 Å². The van der Waals surface area contributed by atoms with Gasteiger partial charge in [-0.25, -0.2) is 0 Å². The number of rotatable bonds is 0. The third-order valence-corrected chi connectivity index (χ3v) is 5.48. The number of para-hydroxylation sites is 2. The van der Waals surface area contributed by atoms with Gasteiger partial charge in [-0.2, -0.15) is 0 Å². The molecule has 1 spiro atoms. The van der Waals surface area contributed by atoms with Crippen LogP contribution in [-0.4, -0.2) is 12.1 Å². The Morgan fingerprint density at radius 3 is 2.25 bits per heavy atom. The fourth-order valence-electron chi connectivity index (χ4n) is 2.88. The molecule has 0 aromatic heterocycles. The van der Waals surface area contributed by atoms with Gasteiger partial charge in [0, 0.05) is 23.1 Å². The molecule has 0 amide bonds. The average molecular weight is 342 g/mol. The van der Waals surface area contributed by atoms with Gasteiger partial charge in [0.1, 0.15) is 5.75 Å². The zero-order valence-corrected chi connectivity index (χ0v) is 16.3. The van der Waals surface area contributed by atoms with Crippen LogP contribution in [0.4, 0.5) is 5.69 Å². The van der Waals surface area contributed by atoms with Crippen LogP contribution < -0.4 is 9.64 Å². The van der Waals surface area contributed by atoms with Gasteiger partial charge in [0.15, 0.2) is 0 Å². The third-order valence-electron chi connectivity index (χ3n) is 3.95. The fourth-order valence-corrected chi connectivity index (χ4v) is 4.22. The van der Waals surface area contributed by atoms with Gasteiger partial charge in [-0.3, -0.25) is 0 Å². The lowest BCUT2D eigenvalue weighted by atomic mass is 10.1. The first-order valence-corrected chi connectivity index (χ1v) is 9.51. The topological polar surface area (TPSA) is 12.5 Å². The Kier molecular flexibility index (Phi) is 6.00. The Balaban J connectivity index is 0.000000487. The minimum atomic E-state index is -0.446. The van der Waals surface area contributed by atoms with Gasteiger partial charge in [0.05, 0.1) is 5.69 Å². The van der Waals surface area contributed by atoms with Gasteiger partial charge >= 0.3 is 0 Å². The number of hydrogen-bond acceptors (Lipinski definition) is 3. The molecule has 24 heavy (non-hydrogen) atoms. The van der Waals surface area contributed by atoms with E-state index in [0.29, 0.717) is 0 Å². The zero-order valence-electron chi connectivity index (χ0n) is 15.5. The van der Waals surface area contributed by atoms with Crippen LogP contribution >= 0.6 is 11.8 Å². The van der Waals surface area contributed by atoms with E-state index in [-0.39, 0.29) is 0 Å². The highest BCUT2D eigenvalue weighted by Crippen LogP contribution is 2.55. The largest absolute Gasteiger partial charge is 0.454 e. The standard InChI is InChI=1S/C17H15NOS.2C2H6/c1-12-11-13-7-3-5-9-15(13)19-17(12)18(2)14-8-4-6-10-16(14)20-17;2*1-2/h3-11H,1-2H3;2*1-2H3. The molecule has 0 saturated carbocycles. The number of thioether (sulfide) groups is 1. The summed E-state index contributed by atoms with van der Waals surface area (Å²) in [5, 5.41) is -0.446. The maximum absolute atomic E-state index is 6.41. The molecule has 0 bridgehead atoms. The van der Waals surface area contributed by atoms with Crippen molar-refractivity contribution in [3.8, 4) is 5.75 Å². The highest BCUT2D eigenvalue weighted by molar-refractivity contribution is 8.01. The normalized spacial score (nSPS) is 19.8. The van der Waals surface area contributed by atoms with Crippen LogP contribution in [0.25, 0.3) is 6.08 Å². The van der Waals surface area contributed by atoms with Crippen LogP contribution in [0.2, 0.25) is 0 Å². The average Bonchev–Trinajstić information content (AvgIpc) is 2.93. The molecule has 2 aliphatic heterocycles. The van der Waals surface area contributed by atoms with Gasteiger partial charge < -0.3 is 9.64 Å². The molecule has 0 N–H and O–H groups in total. The minimum Gasteiger partial charge on any atom is -0.454 e. The first-order valence-electron chi connectivity index (χ1n) is 8.69. The molecular formula is C21H27NOS. The highest BCUT2D eigenvalue weighted by Gasteiger charge is 2.48. The summed E-state index contributed by atoms with van der Waals surface area (Å²) in [5.74, 6) is 0.949. The van der Waals surface area contributed by atoms with Crippen molar-refractivity contribution in [3.05, 3.63) is 59.7 Å². The Morgan fingerprint density at radius 2 is 1.54 bits per heavy atom. The summed E-state index contributed by atoms with van der Waals surface area (Å²) in [6.45, 7) is 10.1. The van der Waals surface area contributed by atoms with Crippen molar-refractivity contribution in [1.29, 1.82) is 0 Å². The third kappa shape index (κ3) is 2.93. The molecule has 0 aliphatic carbocycles. The number of nitrogens with zero attached hydrogens (tertiary/aromatic N) is 1. The first kappa shape index (κ1) is 18.5. The number of benzene rings is 2. The summed E-state index contributed by atoms with van der Waals surface area (Å²) in [6, 6.07) is 16.7. The quantitative estimate of drug-likeness (QED) is 0.548. The van der Waals surface area contributed by atoms with E-state index in [9.17, 15) is 0 Å². The van der Waals surface area contributed by atoms with E-state index in [4.69, 9.17) is 4.74 Å². The van der Waals surface area contributed by atoms with Crippen molar-refractivity contribution in [1.82, 2.24) is 0 Å². The number of fused-ring (bicyclic) bond motifs is 2. The van der Waals surface area contributed by atoms with Crippen molar-refractivity contribution < 1.29 is 4.74 Å². The summed E-state index contributed by atoms with van der Waals surface area (Å²) in [4.78, 5) is 3.50. The van der Waals surface area contributed by atoms with Crippen LogP contribution in [0.5, 0.6) is 5.75 Å². The molecule has 3 heteroatoms. The highest BCUT2D eigenvalue weighted by atomic mass is 32.2. The Bertz CT molecular complexity index is 725. The number of anilines is 1. The maximum Gasteiger partial charge on any atom is 0.258 e. The van der Waals surface area contributed by atoms with Crippen molar-refractivity contribution in [2.75, 3.05) is 11.9 Å². The molecule has 4 rings (SSSR count). The molecule has 2 aromatic carbocycles. The Morgan fingerprint density at radius 1 is 0.917 bits per heavy atom. The predicted octanol–water partition coefficient (Wildman–Crippen LogP) is 6.43. The van der Waals surface area contributed by atoms with E-state index in [2.05, 4.69) is 55.3 Å². The number of likely N-dealkylation sites (N-methyl/N-ethyl adjacent to an activating group) is 1. The first-order chi connectivity index (χ1) is 11.7. The summed E-state index contributed by atoms with van der Waals surface area (Å²) in [5.41, 5.74) is 3.60. The second-order valence-corrected chi connectivity index (χ2v) is 6.38. The van der Waals surface area contributed by atoms with Crippen LogP contribution in [-0.2, 0) is 0 Å². The van der Waals surface area contributed by atoms with Gasteiger partial charge in [-0.15, -0.1) is 0 Å². The molecule has 0 radical (unpaired) electrons. The molecule has 2 aromatic rings. The lowest BCUT2D eigenvalue weighted by molar-refractivity contribution is 0.202. The predicted molar refractivity (Wildman–Crippen MR) is 107 cm³/mol. The second-order valence-electron chi connectivity index (χ2n) is 5.18. The lowest BCUT2D eigenvalue weighted by Gasteiger charge is -2.40. The van der Waals surface area contributed by atoms with Gasteiger partial charge in [-0.05, 0) is 43.0 Å². The zero-order chi connectivity index (χ0) is 17.7. The number of hydrogen-bond donors (Lipinski definition) is 0. The van der Waals surface area contributed by atoms with Crippen LogP contribution in [0.15, 0.2) is 59.0 Å². The summed E-state index contributed by atoms with van der Waals surface area (Å²) >= 11 is 1.77. The Hall–Kier alpha value is -1.87. The summed E-state index contributed by atoms with van der Waals surface area (Å²) < 4.78 is 6.41. The molecule has 0 fully saturated rings. The van der Waals surface area contributed by atoms with Crippen molar-refractivity contribution in [3.63, 3.8) is 0 Å². The smallest absolute Gasteiger partial charge is 0.258 e. The monoisotopic (exact) mass is 341 g/mol. The second kappa shape index (κ2) is 7.80. The molecular weight excluding hydrogens is 314 g/mol. The minimum absolute atomic E-state index is 0.446. The molecule has 2 heterocycles. The molecule has 0 saturated heterocycles. The van der Waals surface area contributed by atoms with E-state index in [1.54, 1.807) is 11.8 Å². The molecule has 1 unspecified atom stereocenters. The lowest BCUT2D eigenvalue weighted by Crippen LogP contribution is -2.48. The van der Waals surface area contributed by atoms with Crippen LogP contribution in [0.1, 0.15) is 40.2 Å².